The van der Waals surface area contributed by atoms with Crippen molar-refractivity contribution in [3.8, 4) is 0 Å². The molecule has 15 heavy (non-hydrogen) atoms. The monoisotopic (exact) mass is 247 g/mol. The third kappa shape index (κ3) is 4.01. The molecule has 0 aromatic carbocycles. The Kier molecular flexibility index (Phi) is 3.69. The van der Waals surface area contributed by atoms with Crippen LogP contribution in [0.4, 0.5) is 0 Å². The third-order valence-corrected chi connectivity index (χ3v) is 3.00. The quantitative estimate of drug-likeness (QED) is 0.762. The van der Waals surface area contributed by atoms with Crippen molar-refractivity contribution in [1.29, 1.82) is 0 Å². The SMILES string of the molecule is CC(C)(OS(C)(C)C)c1ccnc(Cl)c1. The average molecular weight is 248 g/mol. The molecule has 0 saturated carbocycles. The molecule has 0 N–H and O–H groups in total. The van der Waals surface area contributed by atoms with Gasteiger partial charge in [-0.25, -0.2) is 4.98 Å². The fourth-order valence-electron chi connectivity index (χ4n) is 1.45. The van der Waals surface area contributed by atoms with E-state index in [1.54, 1.807) is 6.20 Å². The number of nitrogens with zero attached hydrogens (tertiary/aromatic N) is 1. The smallest absolute Gasteiger partial charge is 0.129 e. The largest absolute Gasteiger partial charge is 0.327 e. The molecule has 1 aromatic rings. The lowest BCUT2D eigenvalue weighted by molar-refractivity contribution is 0.133. The van der Waals surface area contributed by atoms with Crippen molar-refractivity contribution in [1.82, 2.24) is 4.98 Å². The number of hydrogen-bond donors (Lipinski definition) is 0. The van der Waals surface area contributed by atoms with Crippen LogP contribution in [0.25, 0.3) is 0 Å². The van der Waals surface area contributed by atoms with Gasteiger partial charge < -0.3 is 4.18 Å². The molecule has 4 heteroatoms. The molecule has 1 aromatic heterocycles. The molecule has 0 radical (unpaired) electrons. The van der Waals surface area contributed by atoms with E-state index in [1.165, 1.54) is 0 Å². The Balaban J connectivity index is 2.95. The molecular formula is C11H18ClNOS. The highest BCUT2D eigenvalue weighted by molar-refractivity contribution is 8.28. The summed E-state index contributed by atoms with van der Waals surface area (Å²) in [4.78, 5) is 3.97. The van der Waals surface area contributed by atoms with Gasteiger partial charge in [-0.1, -0.05) is 11.6 Å². The van der Waals surface area contributed by atoms with Crippen LogP contribution < -0.4 is 0 Å². The van der Waals surface area contributed by atoms with Gasteiger partial charge in [0.25, 0.3) is 0 Å². The summed E-state index contributed by atoms with van der Waals surface area (Å²) in [5, 5.41) is 0.507. The van der Waals surface area contributed by atoms with Crippen molar-refractivity contribution < 1.29 is 4.18 Å². The van der Waals surface area contributed by atoms with Gasteiger partial charge in [0.05, 0.1) is 0 Å². The van der Waals surface area contributed by atoms with Crippen molar-refractivity contribution in [2.24, 2.45) is 0 Å². The maximum atomic E-state index is 6.06. The van der Waals surface area contributed by atoms with Gasteiger partial charge in [0.1, 0.15) is 10.8 Å². The van der Waals surface area contributed by atoms with E-state index in [0.717, 1.165) is 5.56 Å². The van der Waals surface area contributed by atoms with Crippen LogP contribution in [0, 0.1) is 0 Å². The van der Waals surface area contributed by atoms with Gasteiger partial charge >= 0.3 is 0 Å². The second-order valence-electron chi connectivity index (χ2n) is 4.69. The summed E-state index contributed by atoms with van der Waals surface area (Å²) in [5.74, 6) is 0. The van der Waals surface area contributed by atoms with Gasteiger partial charge in [0.15, 0.2) is 0 Å². The fraction of sp³-hybridized carbons (Fsp3) is 0.545. The molecule has 0 fully saturated rings. The maximum absolute atomic E-state index is 6.06. The second-order valence-corrected chi connectivity index (χ2v) is 8.69. The van der Waals surface area contributed by atoms with Crippen molar-refractivity contribution in [3.05, 3.63) is 29.0 Å². The molecule has 0 unspecified atom stereocenters. The minimum atomic E-state index is -1.01. The van der Waals surface area contributed by atoms with Crippen LogP contribution in [0.5, 0.6) is 0 Å². The Morgan fingerprint density at radius 1 is 1.33 bits per heavy atom. The first-order valence-electron chi connectivity index (χ1n) is 4.72. The summed E-state index contributed by atoms with van der Waals surface area (Å²) in [6, 6.07) is 3.80. The second kappa shape index (κ2) is 4.32. The van der Waals surface area contributed by atoms with E-state index in [1.807, 2.05) is 12.1 Å². The lowest BCUT2D eigenvalue weighted by Gasteiger charge is -2.37. The average Bonchev–Trinajstić information content (AvgIpc) is 1.99. The number of pyridine rings is 1. The Bertz CT molecular complexity index is 347. The maximum Gasteiger partial charge on any atom is 0.129 e. The van der Waals surface area contributed by atoms with E-state index >= 15 is 0 Å². The van der Waals surface area contributed by atoms with Gasteiger partial charge in [-0.05, 0) is 50.3 Å². The Hall–Kier alpha value is -0.250. The molecular weight excluding hydrogens is 230 g/mol. The minimum absolute atomic E-state index is 0.319. The highest BCUT2D eigenvalue weighted by Crippen LogP contribution is 2.44. The number of hydrogen-bond acceptors (Lipinski definition) is 2. The standard InChI is InChI=1S/C11H18ClNOS/c1-11(2,14-15(3,4)5)9-6-7-13-10(12)8-9/h6-8H,1-5H3. The summed E-state index contributed by atoms with van der Waals surface area (Å²) in [7, 11) is -1.01. The number of aromatic nitrogens is 1. The highest BCUT2D eigenvalue weighted by Gasteiger charge is 2.26. The van der Waals surface area contributed by atoms with Gasteiger partial charge in [0.2, 0.25) is 0 Å². The molecule has 1 heterocycles. The molecule has 0 amide bonds. The molecule has 0 aliphatic rings. The predicted octanol–water partition coefficient (Wildman–Crippen LogP) is 3.60. The highest BCUT2D eigenvalue weighted by atomic mass is 35.5. The molecule has 1 rings (SSSR count). The van der Waals surface area contributed by atoms with E-state index in [2.05, 4.69) is 37.6 Å². The molecule has 0 saturated heterocycles. The topological polar surface area (TPSA) is 22.1 Å². The van der Waals surface area contributed by atoms with Crippen LogP contribution >= 0.6 is 21.9 Å². The van der Waals surface area contributed by atoms with Crippen LogP contribution in [0.15, 0.2) is 18.3 Å². The van der Waals surface area contributed by atoms with Gasteiger partial charge in [0, 0.05) is 6.20 Å². The van der Waals surface area contributed by atoms with Crippen LogP contribution in [-0.2, 0) is 9.78 Å². The van der Waals surface area contributed by atoms with Crippen molar-refractivity contribution in [2.45, 2.75) is 19.4 Å². The van der Waals surface area contributed by atoms with E-state index in [0.29, 0.717) is 5.15 Å². The Labute approximate surface area is 98.5 Å². The first-order chi connectivity index (χ1) is 6.71. The lowest BCUT2D eigenvalue weighted by Crippen LogP contribution is -2.23. The van der Waals surface area contributed by atoms with Crippen molar-refractivity contribution in [2.75, 3.05) is 18.8 Å². The first-order valence-corrected chi connectivity index (χ1v) is 7.88. The van der Waals surface area contributed by atoms with E-state index < -0.39 is 10.3 Å². The normalized spacial score (nSPS) is 14.0. The first kappa shape index (κ1) is 12.8. The molecule has 0 atom stereocenters. The molecule has 0 aliphatic carbocycles. The zero-order valence-electron chi connectivity index (χ0n) is 9.87. The van der Waals surface area contributed by atoms with Crippen LogP contribution in [0.1, 0.15) is 19.4 Å². The van der Waals surface area contributed by atoms with E-state index in [9.17, 15) is 0 Å². The van der Waals surface area contributed by atoms with Crippen LogP contribution in [-0.4, -0.2) is 23.8 Å². The Morgan fingerprint density at radius 2 is 1.93 bits per heavy atom. The minimum Gasteiger partial charge on any atom is -0.327 e. The zero-order chi connectivity index (χ0) is 11.7. The Morgan fingerprint density at radius 3 is 2.40 bits per heavy atom. The fourth-order valence-corrected chi connectivity index (χ4v) is 2.97. The number of halogens is 1. The summed E-state index contributed by atoms with van der Waals surface area (Å²) in [6.07, 6.45) is 8.08. The van der Waals surface area contributed by atoms with Gasteiger partial charge in [-0.2, -0.15) is 0 Å². The van der Waals surface area contributed by atoms with Crippen molar-refractivity contribution >= 4 is 21.9 Å². The molecule has 2 nitrogen and oxygen atoms in total. The van der Waals surface area contributed by atoms with E-state index in [4.69, 9.17) is 15.8 Å². The molecule has 0 bridgehead atoms. The molecule has 0 spiro atoms. The van der Waals surface area contributed by atoms with Crippen molar-refractivity contribution in [3.63, 3.8) is 0 Å². The lowest BCUT2D eigenvalue weighted by atomic mass is 10.0. The third-order valence-electron chi connectivity index (χ3n) is 1.88. The molecule has 86 valence electrons. The molecule has 0 aliphatic heterocycles. The van der Waals surface area contributed by atoms with Gasteiger partial charge in [-0.15, -0.1) is 10.3 Å². The van der Waals surface area contributed by atoms with Gasteiger partial charge in [-0.3, -0.25) is 0 Å². The summed E-state index contributed by atoms with van der Waals surface area (Å²) < 4.78 is 6.06. The van der Waals surface area contributed by atoms with Crippen LogP contribution in [0.3, 0.4) is 0 Å². The van der Waals surface area contributed by atoms with E-state index in [-0.39, 0.29) is 5.60 Å². The predicted molar refractivity (Wildman–Crippen MR) is 68.7 cm³/mol. The zero-order valence-corrected chi connectivity index (χ0v) is 11.4. The summed E-state index contributed by atoms with van der Waals surface area (Å²) in [6.45, 7) is 4.10. The number of rotatable bonds is 3. The summed E-state index contributed by atoms with van der Waals surface area (Å²) >= 11 is 5.86. The summed E-state index contributed by atoms with van der Waals surface area (Å²) in [5.41, 5.74) is 0.741. The van der Waals surface area contributed by atoms with Crippen LogP contribution in [0.2, 0.25) is 5.15 Å².